The Morgan fingerprint density at radius 3 is 2.64 bits per heavy atom. The van der Waals surface area contributed by atoms with E-state index in [9.17, 15) is 4.21 Å². The first-order chi connectivity index (χ1) is 13.8. The third-order valence-corrected chi connectivity index (χ3v) is 7.39. The molecule has 3 rings (SSSR count). The van der Waals surface area contributed by atoms with Crippen molar-refractivity contribution in [2.24, 2.45) is 0 Å². The lowest BCUT2D eigenvalue weighted by atomic mass is 10.0. The smallest absolute Gasteiger partial charge is 0.117 e. The summed E-state index contributed by atoms with van der Waals surface area (Å²) in [7, 11) is -0.997. The summed E-state index contributed by atoms with van der Waals surface area (Å²) >= 11 is 0. The molecule has 0 saturated carbocycles. The van der Waals surface area contributed by atoms with Gasteiger partial charge in [-0.25, -0.2) is 4.21 Å². The molecule has 0 aromatic heterocycles. The molecule has 0 aliphatic carbocycles. The summed E-state index contributed by atoms with van der Waals surface area (Å²) in [6.45, 7) is 5.53. The zero-order valence-corrected chi connectivity index (χ0v) is 18.4. The summed E-state index contributed by atoms with van der Waals surface area (Å²) in [6, 6.07) is 10.1. The van der Waals surface area contributed by atoms with Crippen molar-refractivity contribution in [2.75, 3.05) is 30.1 Å². The maximum atomic E-state index is 12.3. The normalized spacial score (nSPS) is 23.5. The van der Waals surface area contributed by atoms with E-state index in [-0.39, 0.29) is 0 Å². The lowest BCUT2D eigenvalue weighted by molar-refractivity contribution is 0.150. The van der Waals surface area contributed by atoms with Crippen LogP contribution in [0.25, 0.3) is 0 Å². The average Bonchev–Trinajstić information content (AvgIpc) is 3.15. The van der Waals surface area contributed by atoms with E-state index in [0.29, 0.717) is 11.8 Å². The van der Waals surface area contributed by atoms with Gasteiger partial charge in [0.2, 0.25) is 0 Å². The molecule has 0 bridgehead atoms. The van der Waals surface area contributed by atoms with E-state index < -0.39 is 11.0 Å². The highest BCUT2D eigenvalue weighted by molar-refractivity contribution is 7.86. The molecule has 1 aromatic carbocycles. The van der Waals surface area contributed by atoms with Gasteiger partial charge in [0.15, 0.2) is 0 Å². The molecule has 1 aromatic rings. The van der Waals surface area contributed by atoms with Gasteiger partial charge >= 0.3 is 0 Å². The van der Waals surface area contributed by atoms with Gasteiger partial charge in [0.25, 0.3) is 0 Å². The van der Waals surface area contributed by atoms with E-state index in [1.807, 2.05) is 0 Å². The standard InChI is InChI=1S/C23H39N3OS/c1-2-3-4-6-16-24-17-8-19-28(27)25-21-12-10-20(11-13-21)23-15-14-22-9-5-7-18-26(22)23/h10-13,22-25H,2-9,14-19H2,1H3. The van der Waals surface area contributed by atoms with Crippen LogP contribution in [0.1, 0.15) is 82.7 Å². The van der Waals surface area contributed by atoms with Crippen LogP contribution in [0.2, 0.25) is 0 Å². The first kappa shape index (κ1) is 21.8. The van der Waals surface area contributed by atoms with E-state index in [1.54, 1.807) is 0 Å². The third-order valence-electron chi connectivity index (χ3n) is 6.26. The van der Waals surface area contributed by atoms with Crippen LogP contribution in [-0.4, -0.2) is 40.5 Å². The molecule has 28 heavy (non-hydrogen) atoms. The van der Waals surface area contributed by atoms with Crippen molar-refractivity contribution in [1.29, 1.82) is 0 Å². The summed E-state index contributed by atoms with van der Waals surface area (Å²) in [6.07, 6.45) is 12.9. The van der Waals surface area contributed by atoms with Crippen molar-refractivity contribution < 1.29 is 4.21 Å². The zero-order valence-electron chi connectivity index (χ0n) is 17.6. The van der Waals surface area contributed by atoms with E-state index >= 15 is 0 Å². The predicted molar refractivity (Wildman–Crippen MR) is 121 cm³/mol. The fourth-order valence-electron chi connectivity index (χ4n) is 4.70. The number of unbranched alkanes of at least 4 members (excludes halogenated alkanes) is 3. The molecule has 2 N–H and O–H groups in total. The van der Waals surface area contributed by atoms with Gasteiger partial charge in [-0.05, 0) is 75.9 Å². The molecule has 0 amide bonds. The molecule has 158 valence electrons. The minimum Gasteiger partial charge on any atom is -0.317 e. The highest BCUT2D eigenvalue weighted by atomic mass is 32.2. The van der Waals surface area contributed by atoms with Gasteiger partial charge in [0.05, 0.1) is 0 Å². The second-order valence-electron chi connectivity index (χ2n) is 8.42. The van der Waals surface area contributed by atoms with Crippen LogP contribution in [0.4, 0.5) is 5.69 Å². The lowest BCUT2D eigenvalue weighted by Crippen LogP contribution is -2.35. The van der Waals surface area contributed by atoms with Crippen LogP contribution >= 0.6 is 0 Å². The van der Waals surface area contributed by atoms with E-state index in [2.05, 4.69) is 46.1 Å². The number of hydrogen-bond acceptors (Lipinski definition) is 3. The van der Waals surface area contributed by atoms with Crippen LogP contribution in [0.3, 0.4) is 0 Å². The largest absolute Gasteiger partial charge is 0.317 e. The van der Waals surface area contributed by atoms with Crippen LogP contribution in [-0.2, 0) is 11.0 Å². The Morgan fingerprint density at radius 2 is 1.82 bits per heavy atom. The summed E-state index contributed by atoms with van der Waals surface area (Å²) in [5.74, 6) is 0.696. The second kappa shape index (κ2) is 11.9. The number of benzene rings is 1. The molecule has 2 aliphatic heterocycles. The molecule has 2 aliphatic rings. The maximum Gasteiger partial charge on any atom is 0.117 e. The molecular weight excluding hydrogens is 366 g/mol. The predicted octanol–water partition coefficient (Wildman–Crippen LogP) is 5.01. The first-order valence-corrected chi connectivity index (χ1v) is 12.8. The fraction of sp³-hybridized carbons (Fsp3) is 0.739. The number of hydrogen-bond donors (Lipinski definition) is 2. The number of nitrogens with zero attached hydrogens (tertiary/aromatic N) is 1. The van der Waals surface area contributed by atoms with E-state index in [4.69, 9.17) is 0 Å². The second-order valence-corrected chi connectivity index (χ2v) is 9.72. The van der Waals surface area contributed by atoms with Crippen LogP contribution < -0.4 is 10.0 Å². The Morgan fingerprint density at radius 1 is 1.00 bits per heavy atom. The van der Waals surface area contributed by atoms with Crippen molar-refractivity contribution in [3.63, 3.8) is 0 Å². The molecule has 4 nitrogen and oxygen atoms in total. The third kappa shape index (κ3) is 6.57. The highest BCUT2D eigenvalue weighted by Crippen LogP contribution is 2.40. The first-order valence-electron chi connectivity index (χ1n) is 11.5. The number of nitrogens with one attached hydrogen (secondary N) is 2. The van der Waals surface area contributed by atoms with Crippen molar-refractivity contribution in [1.82, 2.24) is 10.2 Å². The van der Waals surface area contributed by atoms with Crippen molar-refractivity contribution in [2.45, 2.75) is 83.2 Å². The molecule has 2 fully saturated rings. The van der Waals surface area contributed by atoms with Crippen LogP contribution in [0.5, 0.6) is 0 Å². The average molecular weight is 406 g/mol. The monoisotopic (exact) mass is 405 g/mol. The van der Waals surface area contributed by atoms with Gasteiger partial charge in [-0.2, -0.15) is 0 Å². The molecule has 0 radical (unpaired) electrons. The quantitative estimate of drug-likeness (QED) is 0.480. The minimum absolute atomic E-state index is 0.591. The highest BCUT2D eigenvalue weighted by Gasteiger charge is 2.35. The Kier molecular flexibility index (Phi) is 9.29. The van der Waals surface area contributed by atoms with Crippen molar-refractivity contribution >= 4 is 16.7 Å². The summed E-state index contributed by atoms with van der Waals surface area (Å²) in [5, 5.41) is 3.46. The minimum atomic E-state index is -0.997. The molecule has 5 heteroatoms. The van der Waals surface area contributed by atoms with Crippen LogP contribution in [0, 0.1) is 0 Å². The Balaban J connectivity index is 1.34. The number of piperidine rings is 1. The number of anilines is 1. The topological polar surface area (TPSA) is 44.4 Å². The van der Waals surface area contributed by atoms with E-state index in [0.717, 1.165) is 31.2 Å². The number of rotatable bonds is 12. The van der Waals surface area contributed by atoms with Crippen LogP contribution in [0.15, 0.2) is 24.3 Å². The molecule has 0 spiro atoms. The molecule has 3 atom stereocenters. The van der Waals surface area contributed by atoms with E-state index in [1.165, 1.54) is 69.9 Å². The van der Waals surface area contributed by atoms with Gasteiger partial charge in [-0.15, -0.1) is 0 Å². The van der Waals surface area contributed by atoms with Gasteiger partial charge in [-0.3, -0.25) is 4.90 Å². The fourth-order valence-corrected chi connectivity index (χ4v) is 5.61. The molecule has 3 unspecified atom stereocenters. The van der Waals surface area contributed by atoms with Gasteiger partial charge < -0.3 is 10.0 Å². The molecule has 2 saturated heterocycles. The van der Waals surface area contributed by atoms with Gasteiger partial charge in [0.1, 0.15) is 11.0 Å². The Bertz CT molecular complexity index is 592. The summed E-state index contributed by atoms with van der Waals surface area (Å²) in [4.78, 5) is 2.72. The van der Waals surface area contributed by atoms with Crippen molar-refractivity contribution in [3.8, 4) is 0 Å². The van der Waals surface area contributed by atoms with Gasteiger partial charge in [0, 0.05) is 23.5 Å². The molecular formula is C23H39N3OS. The Labute approximate surface area is 174 Å². The molecule has 2 heterocycles. The zero-order chi connectivity index (χ0) is 19.6. The van der Waals surface area contributed by atoms with Gasteiger partial charge in [-0.1, -0.05) is 44.7 Å². The number of fused-ring (bicyclic) bond motifs is 1. The maximum absolute atomic E-state index is 12.3. The van der Waals surface area contributed by atoms with Crippen molar-refractivity contribution in [3.05, 3.63) is 29.8 Å². The summed E-state index contributed by atoms with van der Waals surface area (Å²) in [5.41, 5.74) is 2.40. The Hall–Kier alpha value is -0.910. The summed E-state index contributed by atoms with van der Waals surface area (Å²) < 4.78 is 15.4. The lowest BCUT2D eigenvalue weighted by Gasteiger charge is -2.34. The SMILES string of the molecule is CCCCCCNCCCS(=O)Nc1ccc(C2CCC3CCCCN32)cc1.